The zero-order valence-electron chi connectivity index (χ0n) is 11.0. The topological polar surface area (TPSA) is 61.9 Å². The number of nitrogens with two attached hydrogens (primary N) is 1. The average Bonchev–Trinajstić information content (AvgIpc) is 2.36. The smallest absolute Gasteiger partial charge is 0.140 e. The molecular weight excluding hydrogens is 250 g/mol. The van der Waals surface area contributed by atoms with Crippen molar-refractivity contribution >= 4 is 17.4 Å². The van der Waals surface area contributed by atoms with E-state index in [4.69, 9.17) is 22.5 Å². The summed E-state index contributed by atoms with van der Waals surface area (Å²) in [5, 5.41) is 12.3. The average molecular weight is 270 g/mol. The van der Waals surface area contributed by atoms with Crippen molar-refractivity contribution in [2.75, 3.05) is 7.05 Å². The minimum atomic E-state index is 0.176. The van der Waals surface area contributed by atoms with Crippen LogP contribution >= 0.6 is 11.6 Å². The van der Waals surface area contributed by atoms with Gasteiger partial charge in [0.25, 0.3) is 0 Å². The van der Waals surface area contributed by atoms with E-state index < -0.39 is 0 Å². The zero-order chi connectivity index (χ0) is 13.7. The molecule has 4 nitrogen and oxygen atoms in total. The van der Waals surface area contributed by atoms with Gasteiger partial charge in [-0.15, -0.1) is 0 Å². The standard InChI is InChI=1S/C13H20ClN3O/c1-9(7-13(15)16-18)17(3)10(2)11-5-4-6-12(14)8-11/h4-6,8-10,18H,7H2,1-3H3,(H2,15,16). The fraction of sp³-hybridized carbons (Fsp3) is 0.462. The van der Waals surface area contributed by atoms with Gasteiger partial charge in [0.15, 0.2) is 0 Å². The number of oxime groups is 1. The number of benzene rings is 1. The molecule has 1 aromatic rings. The van der Waals surface area contributed by atoms with Gasteiger partial charge in [0.1, 0.15) is 5.84 Å². The molecule has 0 saturated heterocycles. The minimum Gasteiger partial charge on any atom is -0.409 e. The second kappa shape index (κ2) is 6.61. The highest BCUT2D eigenvalue weighted by atomic mass is 35.5. The highest BCUT2D eigenvalue weighted by Crippen LogP contribution is 2.24. The van der Waals surface area contributed by atoms with E-state index in [0.717, 1.165) is 10.6 Å². The summed E-state index contributed by atoms with van der Waals surface area (Å²) >= 11 is 5.99. The van der Waals surface area contributed by atoms with Crippen LogP contribution in [0.3, 0.4) is 0 Å². The Hall–Kier alpha value is -1.26. The number of halogens is 1. The molecule has 0 saturated carbocycles. The number of hydrogen-bond donors (Lipinski definition) is 2. The Kier molecular flexibility index (Phi) is 5.44. The molecule has 0 radical (unpaired) electrons. The molecule has 2 atom stereocenters. The lowest BCUT2D eigenvalue weighted by molar-refractivity contribution is 0.200. The lowest BCUT2D eigenvalue weighted by atomic mass is 10.0. The molecule has 0 fully saturated rings. The second-order valence-electron chi connectivity index (χ2n) is 4.54. The Labute approximate surface area is 113 Å². The molecule has 100 valence electrons. The van der Waals surface area contributed by atoms with Gasteiger partial charge in [-0.2, -0.15) is 0 Å². The number of amidine groups is 1. The monoisotopic (exact) mass is 269 g/mol. The van der Waals surface area contributed by atoms with Gasteiger partial charge in [0, 0.05) is 23.5 Å². The summed E-state index contributed by atoms with van der Waals surface area (Å²) in [5.41, 5.74) is 6.68. The molecule has 2 unspecified atom stereocenters. The minimum absolute atomic E-state index is 0.176. The van der Waals surface area contributed by atoms with Crippen molar-refractivity contribution in [1.29, 1.82) is 0 Å². The fourth-order valence-electron chi connectivity index (χ4n) is 1.87. The predicted octanol–water partition coefficient (Wildman–Crippen LogP) is 2.86. The molecule has 0 heterocycles. The molecule has 0 aliphatic rings. The van der Waals surface area contributed by atoms with Crippen LogP contribution in [0.5, 0.6) is 0 Å². The normalized spacial score (nSPS) is 15.7. The van der Waals surface area contributed by atoms with E-state index in [1.807, 2.05) is 38.2 Å². The van der Waals surface area contributed by atoms with E-state index in [2.05, 4.69) is 17.0 Å². The Balaban J connectivity index is 2.74. The van der Waals surface area contributed by atoms with Crippen molar-refractivity contribution in [2.24, 2.45) is 10.9 Å². The van der Waals surface area contributed by atoms with Crippen LogP contribution in [0.1, 0.15) is 31.9 Å². The van der Waals surface area contributed by atoms with Gasteiger partial charge in [-0.3, -0.25) is 4.90 Å². The van der Waals surface area contributed by atoms with Crippen LogP contribution in [0, 0.1) is 0 Å². The molecule has 0 spiro atoms. The Morgan fingerprint density at radius 2 is 2.17 bits per heavy atom. The van der Waals surface area contributed by atoms with Crippen molar-refractivity contribution in [1.82, 2.24) is 4.90 Å². The van der Waals surface area contributed by atoms with E-state index in [1.165, 1.54) is 0 Å². The van der Waals surface area contributed by atoms with Crippen molar-refractivity contribution in [2.45, 2.75) is 32.4 Å². The highest BCUT2D eigenvalue weighted by Gasteiger charge is 2.18. The van der Waals surface area contributed by atoms with Gasteiger partial charge >= 0.3 is 0 Å². The lowest BCUT2D eigenvalue weighted by Crippen LogP contribution is -2.35. The maximum Gasteiger partial charge on any atom is 0.140 e. The van der Waals surface area contributed by atoms with E-state index >= 15 is 0 Å². The van der Waals surface area contributed by atoms with Gasteiger partial charge in [0.05, 0.1) is 0 Å². The highest BCUT2D eigenvalue weighted by molar-refractivity contribution is 6.30. The molecular formula is C13H20ClN3O. The van der Waals surface area contributed by atoms with Crippen molar-refractivity contribution in [3.8, 4) is 0 Å². The molecule has 1 rings (SSSR count). The Morgan fingerprint density at radius 1 is 1.50 bits per heavy atom. The molecule has 0 aliphatic carbocycles. The maximum absolute atomic E-state index is 8.58. The van der Waals surface area contributed by atoms with Gasteiger partial charge in [0.2, 0.25) is 0 Å². The van der Waals surface area contributed by atoms with Gasteiger partial charge < -0.3 is 10.9 Å². The maximum atomic E-state index is 8.58. The first-order chi connectivity index (χ1) is 8.45. The summed E-state index contributed by atoms with van der Waals surface area (Å²) in [5.74, 6) is 0.243. The SMILES string of the molecule is CC(CC(N)=NO)N(C)C(C)c1cccc(Cl)c1. The third-order valence-electron chi connectivity index (χ3n) is 3.27. The quantitative estimate of drug-likeness (QED) is 0.374. The molecule has 0 amide bonds. The first-order valence-electron chi connectivity index (χ1n) is 5.89. The predicted molar refractivity (Wildman–Crippen MR) is 75.1 cm³/mol. The summed E-state index contributed by atoms with van der Waals surface area (Å²) in [6.45, 7) is 4.15. The summed E-state index contributed by atoms with van der Waals surface area (Å²) < 4.78 is 0. The van der Waals surface area contributed by atoms with Gasteiger partial charge in [-0.1, -0.05) is 28.9 Å². The van der Waals surface area contributed by atoms with Crippen LogP contribution in [-0.2, 0) is 0 Å². The summed E-state index contributed by atoms with van der Waals surface area (Å²) in [6, 6.07) is 8.19. The van der Waals surface area contributed by atoms with Crippen molar-refractivity contribution in [3.05, 3.63) is 34.9 Å². The van der Waals surface area contributed by atoms with E-state index in [1.54, 1.807) is 0 Å². The second-order valence-corrected chi connectivity index (χ2v) is 4.98. The molecule has 0 aromatic heterocycles. The van der Waals surface area contributed by atoms with Crippen molar-refractivity contribution in [3.63, 3.8) is 0 Å². The van der Waals surface area contributed by atoms with E-state index in [0.29, 0.717) is 6.42 Å². The molecule has 1 aromatic carbocycles. The van der Waals surface area contributed by atoms with Crippen LogP contribution < -0.4 is 5.73 Å². The number of rotatable bonds is 5. The first-order valence-corrected chi connectivity index (χ1v) is 6.27. The molecule has 3 N–H and O–H groups in total. The summed E-state index contributed by atoms with van der Waals surface area (Å²) in [7, 11) is 2.01. The molecule has 0 aliphatic heterocycles. The molecule has 18 heavy (non-hydrogen) atoms. The summed E-state index contributed by atoms with van der Waals surface area (Å²) in [4.78, 5) is 2.17. The largest absolute Gasteiger partial charge is 0.409 e. The number of hydrogen-bond acceptors (Lipinski definition) is 3. The van der Waals surface area contributed by atoms with Crippen LogP contribution in [0.2, 0.25) is 5.02 Å². The molecule has 0 bridgehead atoms. The van der Waals surface area contributed by atoms with Gasteiger partial charge in [-0.25, -0.2) is 0 Å². The van der Waals surface area contributed by atoms with Crippen LogP contribution in [0.25, 0.3) is 0 Å². The Bertz CT molecular complexity index is 422. The van der Waals surface area contributed by atoms with E-state index in [-0.39, 0.29) is 17.9 Å². The zero-order valence-corrected chi connectivity index (χ0v) is 11.7. The lowest BCUT2D eigenvalue weighted by Gasteiger charge is -2.31. The van der Waals surface area contributed by atoms with E-state index in [9.17, 15) is 0 Å². The van der Waals surface area contributed by atoms with Gasteiger partial charge in [-0.05, 0) is 38.6 Å². The summed E-state index contributed by atoms with van der Waals surface area (Å²) in [6.07, 6.45) is 0.526. The van der Waals surface area contributed by atoms with Crippen LogP contribution in [0.4, 0.5) is 0 Å². The Morgan fingerprint density at radius 3 is 2.72 bits per heavy atom. The number of nitrogens with zero attached hydrogens (tertiary/aromatic N) is 2. The van der Waals surface area contributed by atoms with Crippen LogP contribution in [-0.4, -0.2) is 29.0 Å². The first kappa shape index (κ1) is 14.8. The van der Waals surface area contributed by atoms with Crippen molar-refractivity contribution < 1.29 is 5.21 Å². The molecule has 5 heteroatoms. The third-order valence-corrected chi connectivity index (χ3v) is 3.51. The third kappa shape index (κ3) is 3.89. The fourth-order valence-corrected chi connectivity index (χ4v) is 2.07. The van der Waals surface area contributed by atoms with Crippen LogP contribution in [0.15, 0.2) is 29.4 Å².